The fourth-order valence-corrected chi connectivity index (χ4v) is 3.52. The molecule has 0 saturated carbocycles. The molecule has 1 aliphatic rings. The zero-order chi connectivity index (χ0) is 16.0. The van der Waals surface area contributed by atoms with Gasteiger partial charge in [0.2, 0.25) is 5.91 Å². The Balaban J connectivity index is 1.94. The SMILES string of the molecule is CC1(Cc2ccc(S(C)(=O)=O)cc2)C(=O)Nc2ccccc21. The van der Waals surface area contributed by atoms with E-state index in [0.29, 0.717) is 6.42 Å². The molecule has 2 aromatic carbocycles. The van der Waals surface area contributed by atoms with Crippen LogP contribution in [0.2, 0.25) is 0 Å². The van der Waals surface area contributed by atoms with Gasteiger partial charge < -0.3 is 5.32 Å². The number of hydrogen-bond acceptors (Lipinski definition) is 3. The smallest absolute Gasteiger partial charge is 0.235 e. The summed E-state index contributed by atoms with van der Waals surface area (Å²) < 4.78 is 23.0. The van der Waals surface area contributed by atoms with E-state index in [2.05, 4.69) is 5.32 Å². The number of benzene rings is 2. The average molecular weight is 315 g/mol. The molecule has 2 aromatic rings. The maximum absolute atomic E-state index is 12.4. The Bertz CT molecular complexity index is 840. The van der Waals surface area contributed by atoms with Crippen LogP contribution in [0.5, 0.6) is 0 Å². The second kappa shape index (κ2) is 4.95. The summed E-state index contributed by atoms with van der Waals surface area (Å²) in [6, 6.07) is 14.4. The van der Waals surface area contributed by atoms with Crippen LogP contribution in [0, 0.1) is 0 Å². The van der Waals surface area contributed by atoms with Crippen molar-refractivity contribution in [3.8, 4) is 0 Å². The first-order chi connectivity index (χ1) is 10.3. The molecule has 22 heavy (non-hydrogen) atoms. The molecule has 1 amide bonds. The van der Waals surface area contributed by atoms with Crippen molar-refractivity contribution < 1.29 is 13.2 Å². The molecule has 1 atom stereocenters. The fourth-order valence-electron chi connectivity index (χ4n) is 2.89. The van der Waals surface area contributed by atoms with E-state index in [4.69, 9.17) is 0 Å². The lowest BCUT2D eigenvalue weighted by atomic mass is 9.78. The number of amides is 1. The van der Waals surface area contributed by atoms with E-state index in [1.807, 2.05) is 31.2 Å². The number of hydrogen-bond donors (Lipinski definition) is 1. The highest BCUT2D eigenvalue weighted by atomic mass is 32.2. The number of sulfone groups is 1. The molecule has 3 rings (SSSR count). The maximum atomic E-state index is 12.4. The minimum absolute atomic E-state index is 0.0270. The Kier molecular flexibility index (Phi) is 3.33. The first-order valence-electron chi connectivity index (χ1n) is 7.01. The van der Waals surface area contributed by atoms with E-state index in [-0.39, 0.29) is 10.8 Å². The Morgan fingerprint density at radius 3 is 2.32 bits per heavy atom. The molecular formula is C17H17NO3S. The van der Waals surface area contributed by atoms with Crippen molar-refractivity contribution in [3.63, 3.8) is 0 Å². The van der Waals surface area contributed by atoms with Gasteiger partial charge in [-0.2, -0.15) is 0 Å². The zero-order valence-corrected chi connectivity index (χ0v) is 13.3. The largest absolute Gasteiger partial charge is 0.325 e. The first kappa shape index (κ1) is 14.8. The monoisotopic (exact) mass is 315 g/mol. The highest BCUT2D eigenvalue weighted by Crippen LogP contribution is 2.39. The van der Waals surface area contributed by atoms with Crippen molar-refractivity contribution in [3.05, 3.63) is 59.7 Å². The number of rotatable bonds is 3. The molecule has 1 unspecified atom stereocenters. The van der Waals surface area contributed by atoms with Gasteiger partial charge in [-0.15, -0.1) is 0 Å². The predicted molar refractivity (Wildman–Crippen MR) is 85.7 cm³/mol. The third-order valence-corrected chi connectivity index (χ3v) is 5.31. The number of carbonyl (C=O) groups is 1. The van der Waals surface area contributed by atoms with Crippen LogP contribution < -0.4 is 5.32 Å². The van der Waals surface area contributed by atoms with Gasteiger partial charge in [-0.1, -0.05) is 30.3 Å². The number of anilines is 1. The maximum Gasteiger partial charge on any atom is 0.235 e. The molecule has 0 aliphatic carbocycles. The summed E-state index contributed by atoms with van der Waals surface area (Å²) in [6.45, 7) is 1.92. The lowest BCUT2D eigenvalue weighted by molar-refractivity contribution is -0.120. The van der Waals surface area contributed by atoms with Crippen LogP contribution in [0.1, 0.15) is 18.1 Å². The molecule has 1 heterocycles. The topological polar surface area (TPSA) is 63.2 Å². The van der Waals surface area contributed by atoms with Gasteiger partial charge in [-0.25, -0.2) is 8.42 Å². The van der Waals surface area contributed by atoms with Crippen molar-refractivity contribution in [2.75, 3.05) is 11.6 Å². The third kappa shape index (κ3) is 2.41. The summed E-state index contributed by atoms with van der Waals surface area (Å²) in [5, 5.41) is 2.91. The molecule has 0 aromatic heterocycles. The van der Waals surface area contributed by atoms with Crippen LogP contribution in [0.25, 0.3) is 0 Å². The van der Waals surface area contributed by atoms with Crippen molar-refractivity contribution >= 4 is 21.4 Å². The molecule has 114 valence electrons. The molecular weight excluding hydrogens is 298 g/mol. The normalized spacial score (nSPS) is 20.5. The van der Waals surface area contributed by atoms with Gasteiger partial charge in [0.05, 0.1) is 10.3 Å². The third-order valence-electron chi connectivity index (χ3n) is 4.18. The molecule has 5 heteroatoms. The number of fused-ring (bicyclic) bond motifs is 1. The molecule has 1 aliphatic heterocycles. The molecule has 0 spiro atoms. The second-order valence-corrected chi connectivity index (χ2v) is 7.94. The van der Waals surface area contributed by atoms with E-state index in [1.165, 1.54) is 6.26 Å². The minimum atomic E-state index is -3.20. The van der Waals surface area contributed by atoms with Crippen LogP contribution >= 0.6 is 0 Å². The Morgan fingerprint density at radius 2 is 1.68 bits per heavy atom. The van der Waals surface area contributed by atoms with E-state index >= 15 is 0 Å². The highest BCUT2D eigenvalue weighted by molar-refractivity contribution is 7.90. The standard InChI is InChI=1S/C17H17NO3S/c1-17(14-5-3-4-6-15(14)18-16(17)19)11-12-7-9-13(10-8-12)22(2,20)21/h3-10H,11H2,1-2H3,(H,18,19). The van der Waals surface area contributed by atoms with Crippen molar-refractivity contribution in [1.29, 1.82) is 0 Å². The lowest BCUT2D eigenvalue weighted by Gasteiger charge is -2.22. The minimum Gasteiger partial charge on any atom is -0.325 e. The van der Waals surface area contributed by atoms with E-state index in [9.17, 15) is 13.2 Å². The Hall–Kier alpha value is -2.14. The summed E-state index contributed by atoms with van der Waals surface area (Å²) >= 11 is 0. The first-order valence-corrected chi connectivity index (χ1v) is 8.90. The Labute approximate surface area is 130 Å². The van der Waals surface area contributed by atoms with Crippen LogP contribution in [-0.4, -0.2) is 20.6 Å². The van der Waals surface area contributed by atoms with Crippen LogP contribution in [-0.2, 0) is 26.5 Å². The van der Waals surface area contributed by atoms with Crippen molar-refractivity contribution in [2.24, 2.45) is 0 Å². The zero-order valence-electron chi connectivity index (χ0n) is 12.5. The van der Waals surface area contributed by atoms with E-state index in [0.717, 1.165) is 16.8 Å². The highest BCUT2D eigenvalue weighted by Gasteiger charge is 2.42. The molecule has 0 bridgehead atoms. The Morgan fingerprint density at radius 1 is 1.05 bits per heavy atom. The summed E-state index contributed by atoms with van der Waals surface area (Å²) in [4.78, 5) is 12.7. The van der Waals surface area contributed by atoms with E-state index in [1.54, 1.807) is 24.3 Å². The second-order valence-electron chi connectivity index (χ2n) is 5.92. The lowest BCUT2D eigenvalue weighted by Crippen LogP contribution is -2.33. The van der Waals surface area contributed by atoms with E-state index < -0.39 is 15.3 Å². The van der Waals surface area contributed by atoms with Crippen LogP contribution in [0.4, 0.5) is 5.69 Å². The average Bonchev–Trinajstić information content (AvgIpc) is 2.71. The molecule has 0 radical (unpaired) electrons. The van der Waals surface area contributed by atoms with Gasteiger partial charge >= 0.3 is 0 Å². The summed E-state index contributed by atoms with van der Waals surface area (Å²) in [5.74, 6) is -0.0270. The molecule has 1 N–H and O–H groups in total. The molecule has 0 saturated heterocycles. The number of nitrogens with one attached hydrogen (secondary N) is 1. The fraction of sp³-hybridized carbons (Fsp3) is 0.235. The van der Waals surface area contributed by atoms with Crippen molar-refractivity contribution in [1.82, 2.24) is 0 Å². The molecule has 0 fully saturated rings. The quantitative estimate of drug-likeness (QED) is 0.947. The van der Waals surface area contributed by atoms with Crippen LogP contribution in [0.3, 0.4) is 0 Å². The molecule has 4 nitrogen and oxygen atoms in total. The van der Waals surface area contributed by atoms with Gasteiger partial charge in [0.15, 0.2) is 9.84 Å². The summed E-state index contributed by atoms with van der Waals surface area (Å²) in [6.07, 6.45) is 1.71. The van der Waals surface area contributed by atoms with Gasteiger partial charge in [0.1, 0.15) is 0 Å². The van der Waals surface area contributed by atoms with Gasteiger partial charge in [0.25, 0.3) is 0 Å². The number of carbonyl (C=O) groups excluding carboxylic acids is 1. The van der Waals surface area contributed by atoms with Gasteiger partial charge in [-0.3, -0.25) is 4.79 Å². The summed E-state index contributed by atoms with van der Waals surface area (Å²) in [5.41, 5.74) is 2.13. The number of para-hydroxylation sites is 1. The van der Waals surface area contributed by atoms with Gasteiger partial charge in [-0.05, 0) is 42.7 Å². The van der Waals surface area contributed by atoms with Gasteiger partial charge in [0, 0.05) is 11.9 Å². The van der Waals surface area contributed by atoms with Crippen LogP contribution in [0.15, 0.2) is 53.4 Å². The predicted octanol–water partition coefficient (Wildman–Crippen LogP) is 2.54. The van der Waals surface area contributed by atoms with Crippen molar-refractivity contribution in [2.45, 2.75) is 23.7 Å². The summed E-state index contributed by atoms with van der Waals surface area (Å²) in [7, 11) is -3.20.